The van der Waals surface area contributed by atoms with Crippen molar-refractivity contribution < 1.29 is 9.53 Å². The average Bonchev–Trinajstić information content (AvgIpc) is 3.06. The molecule has 0 spiro atoms. The van der Waals surface area contributed by atoms with Crippen LogP contribution in [0.2, 0.25) is 0 Å². The number of methoxy groups -OCH3 is 1. The minimum Gasteiger partial charge on any atom is -0.496 e. The molecule has 3 rings (SSSR count). The summed E-state index contributed by atoms with van der Waals surface area (Å²) in [6.45, 7) is 1.95. The van der Waals surface area contributed by atoms with E-state index in [0.717, 1.165) is 17.0 Å². The normalized spacial score (nSPS) is 11.8. The van der Waals surface area contributed by atoms with Crippen molar-refractivity contribution in [3.05, 3.63) is 83.4 Å². The maximum atomic E-state index is 12.8. The molecule has 1 amide bonds. The summed E-state index contributed by atoms with van der Waals surface area (Å²) in [6.07, 6.45) is 3.60. The lowest BCUT2D eigenvalue weighted by Gasteiger charge is -2.19. The summed E-state index contributed by atoms with van der Waals surface area (Å²) in [5.74, 6) is 1.30. The molecule has 0 aliphatic heterocycles. The van der Waals surface area contributed by atoms with E-state index >= 15 is 0 Å². The van der Waals surface area contributed by atoms with Crippen molar-refractivity contribution in [3.63, 3.8) is 0 Å². The molecule has 1 unspecified atom stereocenters. The number of nitrogens with one attached hydrogen (secondary N) is 1. The van der Waals surface area contributed by atoms with E-state index in [1.54, 1.807) is 25.4 Å². The van der Waals surface area contributed by atoms with Gasteiger partial charge in [0.1, 0.15) is 17.6 Å². The molecule has 0 bridgehead atoms. The molecular weight excluding hydrogens is 314 g/mol. The van der Waals surface area contributed by atoms with E-state index in [9.17, 15) is 4.79 Å². The topological polar surface area (TPSA) is 56.1 Å². The van der Waals surface area contributed by atoms with Gasteiger partial charge < -0.3 is 14.6 Å². The van der Waals surface area contributed by atoms with Crippen molar-refractivity contribution in [2.24, 2.45) is 7.05 Å². The number of carbonyl (C=O) groups excluding carboxylic acids is 1. The number of nitrogens with zero attached hydrogens (tertiary/aromatic N) is 2. The fourth-order valence-electron chi connectivity index (χ4n) is 2.77. The maximum absolute atomic E-state index is 12.8. The van der Waals surface area contributed by atoms with Gasteiger partial charge in [0.05, 0.1) is 7.11 Å². The molecule has 25 heavy (non-hydrogen) atoms. The van der Waals surface area contributed by atoms with Gasteiger partial charge in [-0.05, 0) is 30.2 Å². The lowest BCUT2D eigenvalue weighted by molar-refractivity contribution is 0.0941. The van der Waals surface area contributed by atoms with Gasteiger partial charge in [0.15, 0.2) is 0 Å². The second-order valence-electron chi connectivity index (χ2n) is 5.90. The first kappa shape index (κ1) is 16.8. The van der Waals surface area contributed by atoms with E-state index in [-0.39, 0.29) is 11.9 Å². The van der Waals surface area contributed by atoms with Crippen LogP contribution in [0.15, 0.2) is 60.9 Å². The first-order valence-electron chi connectivity index (χ1n) is 8.08. The number of aromatic nitrogens is 2. The summed E-state index contributed by atoms with van der Waals surface area (Å²) in [6, 6.07) is 14.9. The van der Waals surface area contributed by atoms with Crippen molar-refractivity contribution in [2.45, 2.75) is 13.0 Å². The zero-order chi connectivity index (χ0) is 17.8. The molecule has 1 N–H and O–H groups in total. The highest BCUT2D eigenvalue weighted by atomic mass is 16.5. The third-order valence-corrected chi connectivity index (χ3v) is 4.20. The van der Waals surface area contributed by atoms with Crippen molar-refractivity contribution in [1.29, 1.82) is 0 Å². The van der Waals surface area contributed by atoms with Crippen LogP contribution in [0.1, 0.15) is 33.4 Å². The Bertz CT molecular complexity index is 872. The standard InChI is InChI=1S/C20H21N3O2/c1-14-9-10-16(13-17(14)25-3)20(24)22-18(15-7-5-4-6-8-15)19-21-11-12-23(19)2/h4-13,18H,1-3H3,(H,22,24). The van der Waals surface area contributed by atoms with E-state index in [1.807, 2.05) is 61.1 Å². The molecule has 3 aromatic rings. The highest BCUT2D eigenvalue weighted by molar-refractivity contribution is 5.95. The van der Waals surface area contributed by atoms with Crippen LogP contribution in [0.5, 0.6) is 5.75 Å². The van der Waals surface area contributed by atoms with Crippen LogP contribution in [-0.4, -0.2) is 22.6 Å². The van der Waals surface area contributed by atoms with Gasteiger partial charge in [0, 0.05) is 25.0 Å². The van der Waals surface area contributed by atoms with Gasteiger partial charge in [0.25, 0.3) is 5.91 Å². The Hall–Kier alpha value is -3.08. The van der Waals surface area contributed by atoms with Gasteiger partial charge in [-0.3, -0.25) is 4.79 Å². The van der Waals surface area contributed by atoms with Crippen molar-refractivity contribution in [3.8, 4) is 5.75 Å². The summed E-state index contributed by atoms with van der Waals surface area (Å²) in [7, 11) is 3.52. The average molecular weight is 335 g/mol. The van der Waals surface area contributed by atoms with Crippen LogP contribution in [0.3, 0.4) is 0 Å². The van der Waals surface area contributed by atoms with Crippen molar-refractivity contribution in [1.82, 2.24) is 14.9 Å². The van der Waals surface area contributed by atoms with Crippen molar-refractivity contribution in [2.75, 3.05) is 7.11 Å². The van der Waals surface area contributed by atoms with E-state index < -0.39 is 0 Å². The molecule has 1 atom stereocenters. The van der Waals surface area contributed by atoms with Gasteiger partial charge in [-0.2, -0.15) is 0 Å². The number of aryl methyl sites for hydroxylation is 2. The minimum absolute atomic E-state index is 0.171. The predicted octanol–water partition coefficient (Wildman–Crippen LogP) is 3.26. The molecular formula is C20H21N3O2. The second-order valence-corrected chi connectivity index (χ2v) is 5.90. The number of hydrogen-bond acceptors (Lipinski definition) is 3. The zero-order valence-electron chi connectivity index (χ0n) is 14.6. The van der Waals surface area contributed by atoms with E-state index in [4.69, 9.17) is 4.74 Å². The summed E-state index contributed by atoms with van der Waals surface area (Å²) in [4.78, 5) is 17.2. The third kappa shape index (κ3) is 3.55. The molecule has 1 heterocycles. The molecule has 0 radical (unpaired) electrons. The summed E-state index contributed by atoms with van der Waals surface area (Å²) in [5.41, 5.74) is 2.52. The molecule has 5 nitrogen and oxygen atoms in total. The highest BCUT2D eigenvalue weighted by Gasteiger charge is 2.21. The molecule has 0 aliphatic rings. The summed E-state index contributed by atoms with van der Waals surface area (Å²) >= 11 is 0. The first-order chi connectivity index (χ1) is 12.1. The predicted molar refractivity (Wildman–Crippen MR) is 96.7 cm³/mol. The lowest BCUT2D eigenvalue weighted by Crippen LogP contribution is -2.31. The Morgan fingerprint density at radius 2 is 1.96 bits per heavy atom. The van der Waals surface area contributed by atoms with E-state index in [0.29, 0.717) is 11.3 Å². The number of benzene rings is 2. The largest absolute Gasteiger partial charge is 0.496 e. The smallest absolute Gasteiger partial charge is 0.252 e. The minimum atomic E-state index is -0.332. The summed E-state index contributed by atoms with van der Waals surface area (Å²) < 4.78 is 7.23. The Morgan fingerprint density at radius 3 is 2.60 bits per heavy atom. The summed E-state index contributed by atoms with van der Waals surface area (Å²) in [5, 5.41) is 3.09. The molecule has 5 heteroatoms. The molecule has 0 saturated carbocycles. The van der Waals surface area contributed by atoms with E-state index in [2.05, 4.69) is 10.3 Å². The van der Waals surface area contributed by atoms with Gasteiger partial charge in [-0.25, -0.2) is 4.98 Å². The van der Waals surface area contributed by atoms with Crippen LogP contribution < -0.4 is 10.1 Å². The SMILES string of the molecule is COc1cc(C(=O)NC(c2ccccc2)c2nccn2C)ccc1C. The monoisotopic (exact) mass is 335 g/mol. The fourth-order valence-corrected chi connectivity index (χ4v) is 2.77. The number of ether oxygens (including phenoxy) is 1. The maximum Gasteiger partial charge on any atom is 0.252 e. The molecule has 0 saturated heterocycles. The highest BCUT2D eigenvalue weighted by Crippen LogP contribution is 2.23. The van der Waals surface area contributed by atoms with Crippen LogP contribution in [0.25, 0.3) is 0 Å². The molecule has 0 aliphatic carbocycles. The van der Waals surface area contributed by atoms with Crippen LogP contribution in [0.4, 0.5) is 0 Å². The molecule has 128 valence electrons. The van der Waals surface area contributed by atoms with Gasteiger partial charge in [-0.15, -0.1) is 0 Å². The van der Waals surface area contributed by atoms with Gasteiger partial charge in [-0.1, -0.05) is 36.4 Å². The zero-order valence-corrected chi connectivity index (χ0v) is 14.6. The third-order valence-electron chi connectivity index (χ3n) is 4.20. The van der Waals surface area contributed by atoms with Crippen LogP contribution in [0, 0.1) is 6.92 Å². The number of imidazole rings is 1. The Balaban J connectivity index is 1.93. The van der Waals surface area contributed by atoms with E-state index in [1.165, 1.54) is 0 Å². The molecule has 0 fully saturated rings. The molecule has 2 aromatic carbocycles. The van der Waals surface area contributed by atoms with Gasteiger partial charge in [0.2, 0.25) is 0 Å². The number of rotatable bonds is 5. The number of amides is 1. The second kappa shape index (κ2) is 7.21. The fraction of sp³-hybridized carbons (Fsp3) is 0.200. The van der Waals surface area contributed by atoms with Gasteiger partial charge >= 0.3 is 0 Å². The number of hydrogen-bond donors (Lipinski definition) is 1. The Labute approximate surface area is 147 Å². The quantitative estimate of drug-likeness (QED) is 0.779. The first-order valence-corrected chi connectivity index (χ1v) is 8.08. The number of carbonyl (C=O) groups is 1. The van der Waals surface area contributed by atoms with Crippen LogP contribution >= 0.6 is 0 Å². The van der Waals surface area contributed by atoms with Crippen molar-refractivity contribution >= 4 is 5.91 Å². The molecule has 1 aromatic heterocycles. The Kier molecular flexibility index (Phi) is 4.84. The van der Waals surface area contributed by atoms with Crippen LogP contribution in [-0.2, 0) is 7.05 Å². The Morgan fingerprint density at radius 1 is 1.20 bits per heavy atom. The lowest BCUT2D eigenvalue weighted by atomic mass is 10.0.